The van der Waals surface area contributed by atoms with Crippen LogP contribution in [0, 0.1) is 0 Å². The van der Waals surface area contributed by atoms with Crippen LogP contribution in [0.2, 0.25) is 0 Å². The summed E-state index contributed by atoms with van der Waals surface area (Å²) in [5.74, 6) is 0.242. The number of rotatable bonds is 5. The second-order valence-corrected chi connectivity index (χ2v) is 6.39. The van der Waals surface area contributed by atoms with Gasteiger partial charge in [0.05, 0.1) is 29.3 Å². The van der Waals surface area contributed by atoms with Crippen molar-refractivity contribution in [3.8, 4) is 5.69 Å². The highest BCUT2D eigenvalue weighted by molar-refractivity contribution is 5.97. The number of nitrogens with zero attached hydrogens (tertiary/aromatic N) is 6. The lowest BCUT2D eigenvalue weighted by molar-refractivity contribution is 0.0784. The van der Waals surface area contributed by atoms with E-state index in [4.69, 9.17) is 0 Å². The lowest BCUT2D eigenvalue weighted by atomic mass is 10.1. The molecule has 130 valence electrons. The van der Waals surface area contributed by atoms with E-state index in [0.717, 1.165) is 11.3 Å². The summed E-state index contributed by atoms with van der Waals surface area (Å²) in [6.45, 7) is 4.72. The van der Waals surface area contributed by atoms with Gasteiger partial charge in [-0.1, -0.05) is 31.2 Å². The van der Waals surface area contributed by atoms with E-state index in [2.05, 4.69) is 29.3 Å². The molecule has 0 atom stereocenters. The van der Waals surface area contributed by atoms with E-state index in [1.165, 1.54) is 0 Å². The number of hydrogen-bond acceptors (Lipinski definition) is 4. The van der Waals surface area contributed by atoms with Crippen molar-refractivity contribution in [2.45, 2.75) is 26.3 Å². The third-order valence-corrected chi connectivity index (χ3v) is 4.04. The Kier molecular flexibility index (Phi) is 4.65. The number of aromatic nitrogens is 5. The van der Waals surface area contributed by atoms with Gasteiger partial charge < -0.3 is 4.90 Å². The molecular formula is C18H22N6O. The molecular weight excluding hydrogens is 316 g/mol. The summed E-state index contributed by atoms with van der Waals surface area (Å²) in [7, 11) is 3.70. The van der Waals surface area contributed by atoms with Crippen LogP contribution in [0.3, 0.4) is 0 Å². The van der Waals surface area contributed by atoms with Crippen molar-refractivity contribution in [2.75, 3.05) is 7.05 Å². The summed E-state index contributed by atoms with van der Waals surface area (Å²) in [6.07, 6.45) is 5.29. The van der Waals surface area contributed by atoms with Crippen molar-refractivity contribution in [1.29, 1.82) is 0 Å². The predicted octanol–water partition coefficient (Wildman–Crippen LogP) is 2.40. The van der Waals surface area contributed by atoms with Crippen LogP contribution in [-0.4, -0.2) is 42.6 Å². The summed E-state index contributed by atoms with van der Waals surface area (Å²) in [4.78, 5) is 14.7. The molecule has 0 aliphatic heterocycles. The van der Waals surface area contributed by atoms with Crippen LogP contribution in [0.4, 0.5) is 0 Å². The standard InChI is InChI=1S/C18H22N6O/c1-13(2)17-14(12-23(4)20-17)11-22(3)18(25)15-7-5-6-8-16(15)24-10-9-19-21-24/h5-10,12-13H,11H2,1-4H3. The number of carbonyl (C=O) groups excluding carboxylic acids is 1. The van der Waals surface area contributed by atoms with Crippen LogP contribution < -0.4 is 0 Å². The normalized spacial score (nSPS) is 11.1. The minimum absolute atomic E-state index is 0.0651. The van der Waals surface area contributed by atoms with Crippen molar-refractivity contribution in [3.05, 3.63) is 59.7 Å². The highest BCUT2D eigenvalue weighted by atomic mass is 16.2. The molecule has 0 saturated carbocycles. The average Bonchev–Trinajstić information content (AvgIpc) is 3.24. The Balaban J connectivity index is 1.87. The number of amides is 1. The first-order valence-corrected chi connectivity index (χ1v) is 8.21. The SMILES string of the molecule is CC(C)c1nn(C)cc1CN(C)C(=O)c1ccccc1-n1ccnn1. The molecule has 0 spiro atoms. The number of carbonyl (C=O) groups is 1. The third-order valence-electron chi connectivity index (χ3n) is 4.04. The molecule has 0 bridgehead atoms. The molecule has 0 radical (unpaired) electrons. The average molecular weight is 338 g/mol. The molecule has 0 aliphatic rings. The summed E-state index contributed by atoms with van der Waals surface area (Å²) < 4.78 is 3.40. The van der Waals surface area contributed by atoms with Gasteiger partial charge in [-0.2, -0.15) is 5.10 Å². The molecule has 25 heavy (non-hydrogen) atoms. The van der Waals surface area contributed by atoms with Gasteiger partial charge in [-0.05, 0) is 18.1 Å². The molecule has 7 nitrogen and oxygen atoms in total. The van der Waals surface area contributed by atoms with E-state index in [0.29, 0.717) is 23.7 Å². The zero-order chi connectivity index (χ0) is 18.0. The van der Waals surface area contributed by atoms with Crippen LogP contribution in [0.5, 0.6) is 0 Å². The smallest absolute Gasteiger partial charge is 0.256 e. The quantitative estimate of drug-likeness (QED) is 0.716. The molecule has 1 amide bonds. The van der Waals surface area contributed by atoms with Crippen LogP contribution in [-0.2, 0) is 13.6 Å². The van der Waals surface area contributed by atoms with Crippen LogP contribution in [0.25, 0.3) is 5.69 Å². The van der Waals surface area contributed by atoms with Crippen molar-refractivity contribution in [2.24, 2.45) is 7.05 Å². The summed E-state index contributed by atoms with van der Waals surface area (Å²) in [6, 6.07) is 7.40. The Bertz CT molecular complexity index is 866. The van der Waals surface area contributed by atoms with E-state index < -0.39 is 0 Å². The van der Waals surface area contributed by atoms with Gasteiger partial charge in [-0.15, -0.1) is 5.10 Å². The topological polar surface area (TPSA) is 68.8 Å². The number of para-hydroxylation sites is 1. The van der Waals surface area contributed by atoms with Gasteiger partial charge in [-0.25, -0.2) is 4.68 Å². The lowest BCUT2D eigenvalue weighted by Gasteiger charge is -2.19. The third kappa shape index (κ3) is 3.45. The maximum absolute atomic E-state index is 13.0. The van der Waals surface area contributed by atoms with Gasteiger partial charge in [-0.3, -0.25) is 9.48 Å². The molecule has 2 aromatic heterocycles. The molecule has 0 N–H and O–H groups in total. The zero-order valence-corrected chi connectivity index (χ0v) is 14.9. The van der Waals surface area contributed by atoms with Crippen molar-refractivity contribution >= 4 is 5.91 Å². The maximum Gasteiger partial charge on any atom is 0.256 e. The van der Waals surface area contributed by atoms with Gasteiger partial charge in [0.1, 0.15) is 0 Å². The van der Waals surface area contributed by atoms with Gasteiger partial charge in [0.2, 0.25) is 0 Å². The van der Waals surface area contributed by atoms with E-state index in [-0.39, 0.29) is 5.91 Å². The largest absolute Gasteiger partial charge is 0.337 e. The van der Waals surface area contributed by atoms with Gasteiger partial charge in [0.15, 0.2) is 0 Å². The zero-order valence-electron chi connectivity index (χ0n) is 14.9. The highest BCUT2D eigenvalue weighted by Crippen LogP contribution is 2.20. The maximum atomic E-state index is 13.0. The fourth-order valence-electron chi connectivity index (χ4n) is 2.89. The molecule has 0 saturated heterocycles. The van der Waals surface area contributed by atoms with Crippen LogP contribution in [0.15, 0.2) is 42.9 Å². The fourth-order valence-corrected chi connectivity index (χ4v) is 2.89. The minimum Gasteiger partial charge on any atom is -0.337 e. The van der Waals surface area contributed by atoms with Gasteiger partial charge in [0, 0.05) is 32.4 Å². The fraction of sp³-hybridized carbons (Fsp3) is 0.333. The highest BCUT2D eigenvalue weighted by Gasteiger charge is 2.20. The first-order valence-electron chi connectivity index (χ1n) is 8.21. The molecule has 3 rings (SSSR count). The Morgan fingerprint density at radius 1 is 1.28 bits per heavy atom. The Labute approximate surface area is 146 Å². The number of benzene rings is 1. The van der Waals surface area contributed by atoms with E-state index in [1.54, 1.807) is 33.7 Å². The summed E-state index contributed by atoms with van der Waals surface area (Å²) in [5, 5.41) is 12.3. The van der Waals surface area contributed by atoms with Crippen molar-refractivity contribution in [1.82, 2.24) is 29.7 Å². The van der Waals surface area contributed by atoms with E-state index in [1.807, 2.05) is 37.5 Å². The minimum atomic E-state index is -0.0651. The van der Waals surface area contributed by atoms with E-state index in [9.17, 15) is 4.79 Å². The number of hydrogen-bond donors (Lipinski definition) is 0. The van der Waals surface area contributed by atoms with Crippen LogP contribution in [0.1, 0.15) is 41.4 Å². The van der Waals surface area contributed by atoms with Crippen LogP contribution >= 0.6 is 0 Å². The second kappa shape index (κ2) is 6.88. The van der Waals surface area contributed by atoms with Gasteiger partial charge in [0.25, 0.3) is 5.91 Å². The van der Waals surface area contributed by atoms with Crippen molar-refractivity contribution < 1.29 is 4.79 Å². The lowest BCUT2D eigenvalue weighted by Crippen LogP contribution is -2.27. The Morgan fingerprint density at radius 3 is 2.72 bits per heavy atom. The number of aryl methyl sites for hydroxylation is 1. The molecule has 2 heterocycles. The van der Waals surface area contributed by atoms with E-state index >= 15 is 0 Å². The second-order valence-electron chi connectivity index (χ2n) is 6.39. The molecule has 0 fully saturated rings. The first-order chi connectivity index (χ1) is 12.0. The Hall–Kier alpha value is -2.96. The summed E-state index contributed by atoms with van der Waals surface area (Å²) in [5.41, 5.74) is 3.39. The molecule has 3 aromatic rings. The monoisotopic (exact) mass is 338 g/mol. The molecule has 7 heteroatoms. The summed E-state index contributed by atoms with van der Waals surface area (Å²) >= 11 is 0. The Morgan fingerprint density at radius 2 is 2.04 bits per heavy atom. The molecule has 1 aromatic carbocycles. The molecule has 0 unspecified atom stereocenters. The van der Waals surface area contributed by atoms with Crippen molar-refractivity contribution in [3.63, 3.8) is 0 Å². The van der Waals surface area contributed by atoms with Gasteiger partial charge >= 0.3 is 0 Å². The first kappa shape index (κ1) is 16.9. The predicted molar refractivity (Wildman–Crippen MR) is 94.5 cm³/mol. The molecule has 0 aliphatic carbocycles.